The van der Waals surface area contributed by atoms with Gasteiger partial charge in [0.05, 0.1) is 0 Å². The number of unbranched alkanes of at least 4 members (excludes halogenated alkanes) is 6. The van der Waals surface area contributed by atoms with Crippen LogP contribution in [-0.4, -0.2) is 10.2 Å². The first-order valence-corrected chi connectivity index (χ1v) is 11.5. The van der Waals surface area contributed by atoms with Crippen LogP contribution in [0, 0.1) is 0 Å². The molecule has 160 valence electrons. The van der Waals surface area contributed by atoms with Crippen LogP contribution in [0.3, 0.4) is 0 Å². The van der Waals surface area contributed by atoms with E-state index in [1.165, 1.54) is 60.8 Å². The van der Waals surface area contributed by atoms with Gasteiger partial charge in [-0.05, 0) is 72.2 Å². The quantitative estimate of drug-likeness (QED) is 0.361. The zero-order chi connectivity index (χ0) is 21.3. The fourth-order valence-corrected chi connectivity index (χ4v) is 4.42. The highest BCUT2D eigenvalue weighted by Crippen LogP contribution is 2.39. The van der Waals surface area contributed by atoms with Crippen molar-refractivity contribution in [1.82, 2.24) is 0 Å². The van der Waals surface area contributed by atoms with Crippen LogP contribution in [0.4, 0.5) is 0 Å². The number of hydrogen-bond acceptors (Lipinski definition) is 2. The first kappa shape index (κ1) is 23.3. The molecule has 0 aliphatic heterocycles. The largest absolute Gasteiger partial charge is 0.508 e. The van der Waals surface area contributed by atoms with E-state index in [1.54, 1.807) is 0 Å². The number of phenolic OH excluding ortho intramolecular Hbond substituents is 2. The Morgan fingerprint density at radius 3 is 1.41 bits per heavy atom. The first-order chi connectivity index (χ1) is 13.9. The summed E-state index contributed by atoms with van der Waals surface area (Å²) in [5.74, 6) is 0.695. The number of aryl methyl sites for hydroxylation is 2. The lowest BCUT2D eigenvalue weighted by Gasteiger charge is -2.31. The zero-order valence-electron chi connectivity index (χ0n) is 18.9. The summed E-state index contributed by atoms with van der Waals surface area (Å²) in [5, 5.41) is 20.2. The zero-order valence-corrected chi connectivity index (χ0v) is 18.9. The highest BCUT2D eigenvalue weighted by Gasteiger charge is 2.28. The highest BCUT2D eigenvalue weighted by atomic mass is 16.3. The molecule has 2 aromatic rings. The monoisotopic (exact) mass is 396 g/mol. The van der Waals surface area contributed by atoms with E-state index in [0.717, 1.165) is 25.7 Å². The molecule has 0 aromatic heterocycles. The lowest BCUT2D eigenvalue weighted by atomic mass is 9.73. The molecular weight excluding hydrogens is 356 g/mol. The highest BCUT2D eigenvalue weighted by molar-refractivity contribution is 5.49. The van der Waals surface area contributed by atoms with E-state index in [1.807, 2.05) is 24.3 Å². The van der Waals surface area contributed by atoms with E-state index in [4.69, 9.17) is 0 Å². The van der Waals surface area contributed by atoms with Crippen molar-refractivity contribution in [3.63, 3.8) is 0 Å². The Morgan fingerprint density at radius 1 is 0.621 bits per heavy atom. The van der Waals surface area contributed by atoms with Gasteiger partial charge in [0, 0.05) is 5.41 Å². The van der Waals surface area contributed by atoms with Crippen LogP contribution >= 0.6 is 0 Å². The van der Waals surface area contributed by atoms with Gasteiger partial charge in [0.1, 0.15) is 11.5 Å². The average molecular weight is 397 g/mol. The van der Waals surface area contributed by atoms with Gasteiger partial charge in [-0.15, -0.1) is 0 Å². The Balaban J connectivity index is 2.34. The normalized spacial score (nSPS) is 11.7. The summed E-state index contributed by atoms with van der Waals surface area (Å²) in [4.78, 5) is 0. The average Bonchev–Trinajstić information content (AvgIpc) is 2.68. The minimum absolute atomic E-state index is 0.179. The number of hydrogen-bond donors (Lipinski definition) is 2. The molecule has 29 heavy (non-hydrogen) atoms. The molecule has 0 aliphatic rings. The van der Waals surface area contributed by atoms with Crippen molar-refractivity contribution in [3.05, 3.63) is 58.7 Å². The van der Waals surface area contributed by atoms with Gasteiger partial charge in [0.2, 0.25) is 0 Å². The van der Waals surface area contributed by atoms with Gasteiger partial charge in [0.15, 0.2) is 0 Å². The van der Waals surface area contributed by atoms with E-state index in [0.29, 0.717) is 11.5 Å². The third-order valence-corrected chi connectivity index (χ3v) is 6.12. The van der Waals surface area contributed by atoms with Gasteiger partial charge >= 0.3 is 0 Å². The van der Waals surface area contributed by atoms with Crippen LogP contribution in [0.1, 0.15) is 101 Å². The van der Waals surface area contributed by atoms with Gasteiger partial charge < -0.3 is 10.2 Å². The molecule has 2 N–H and O–H groups in total. The number of phenols is 2. The predicted molar refractivity (Wildman–Crippen MR) is 124 cm³/mol. The van der Waals surface area contributed by atoms with Crippen molar-refractivity contribution in [1.29, 1.82) is 0 Å². The minimum Gasteiger partial charge on any atom is -0.508 e. The number of rotatable bonds is 12. The van der Waals surface area contributed by atoms with E-state index in [9.17, 15) is 10.2 Å². The summed E-state index contributed by atoms with van der Waals surface area (Å²) < 4.78 is 0. The Morgan fingerprint density at radius 2 is 1.03 bits per heavy atom. The summed E-state index contributed by atoms with van der Waals surface area (Å²) in [7, 11) is 0. The molecule has 2 nitrogen and oxygen atoms in total. The fourth-order valence-electron chi connectivity index (χ4n) is 4.42. The van der Waals surface area contributed by atoms with Crippen molar-refractivity contribution in [3.8, 4) is 11.5 Å². The lowest BCUT2D eigenvalue weighted by Crippen LogP contribution is -2.23. The van der Waals surface area contributed by atoms with E-state index >= 15 is 0 Å². The Labute approximate surface area is 178 Å². The maximum Gasteiger partial charge on any atom is 0.115 e. The standard InChI is InChI=1S/C27H40O2/c1-5-7-9-11-13-21-19-23(28)15-17-25(21)27(3,4)26-18-16-24(29)20-22(26)14-12-10-8-6-2/h15-20,28-29H,5-14H2,1-4H3. The van der Waals surface area contributed by atoms with Gasteiger partial charge in [0.25, 0.3) is 0 Å². The van der Waals surface area contributed by atoms with E-state index in [-0.39, 0.29) is 5.41 Å². The fraction of sp³-hybridized carbons (Fsp3) is 0.556. The van der Waals surface area contributed by atoms with Crippen molar-refractivity contribution in [2.24, 2.45) is 0 Å². The molecule has 0 spiro atoms. The molecule has 0 saturated carbocycles. The van der Waals surface area contributed by atoms with Crippen LogP contribution in [-0.2, 0) is 18.3 Å². The smallest absolute Gasteiger partial charge is 0.115 e. The Hall–Kier alpha value is -1.96. The molecule has 0 saturated heterocycles. The molecule has 2 rings (SSSR count). The number of benzene rings is 2. The third kappa shape index (κ3) is 6.52. The van der Waals surface area contributed by atoms with Crippen LogP contribution in [0.5, 0.6) is 11.5 Å². The van der Waals surface area contributed by atoms with Crippen molar-refractivity contribution in [2.45, 2.75) is 97.3 Å². The SMILES string of the molecule is CCCCCCc1cc(O)ccc1C(C)(C)c1ccc(O)cc1CCCCCC. The molecule has 0 amide bonds. The molecule has 0 atom stereocenters. The van der Waals surface area contributed by atoms with Crippen LogP contribution in [0.2, 0.25) is 0 Å². The predicted octanol–water partition coefficient (Wildman–Crippen LogP) is 7.67. The maximum absolute atomic E-state index is 10.1. The van der Waals surface area contributed by atoms with Crippen molar-refractivity contribution >= 4 is 0 Å². The maximum atomic E-state index is 10.1. The van der Waals surface area contributed by atoms with Gasteiger partial charge in [-0.1, -0.05) is 78.4 Å². The molecule has 0 bridgehead atoms. The summed E-state index contributed by atoms with van der Waals surface area (Å²) in [6, 6.07) is 11.7. The molecule has 0 heterocycles. The van der Waals surface area contributed by atoms with Crippen LogP contribution < -0.4 is 0 Å². The molecule has 2 aromatic carbocycles. The Kier molecular flexibility index (Phi) is 9.07. The summed E-state index contributed by atoms with van der Waals surface area (Å²) in [6.45, 7) is 9.01. The second-order valence-corrected chi connectivity index (χ2v) is 8.93. The second kappa shape index (κ2) is 11.3. The van der Waals surface area contributed by atoms with Crippen LogP contribution in [0.25, 0.3) is 0 Å². The van der Waals surface area contributed by atoms with Gasteiger partial charge in [-0.3, -0.25) is 0 Å². The molecule has 0 fully saturated rings. The summed E-state index contributed by atoms with van der Waals surface area (Å²) in [5.41, 5.74) is 4.88. The summed E-state index contributed by atoms with van der Waals surface area (Å²) in [6.07, 6.45) is 11.7. The van der Waals surface area contributed by atoms with E-state index < -0.39 is 0 Å². The van der Waals surface area contributed by atoms with Gasteiger partial charge in [-0.25, -0.2) is 0 Å². The second-order valence-electron chi connectivity index (χ2n) is 8.93. The molecular formula is C27H40O2. The molecule has 0 aliphatic carbocycles. The molecule has 0 unspecified atom stereocenters. The van der Waals surface area contributed by atoms with Gasteiger partial charge in [-0.2, -0.15) is 0 Å². The van der Waals surface area contributed by atoms with Crippen molar-refractivity contribution < 1.29 is 10.2 Å². The topological polar surface area (TPSA) is 40.5 Å². The Bertz CT molecular complexity index is 698. The number of aromatic hydroxyl groups is 2. The molecule has 0 radical (unpaired) electrons. The first-order valence-electron chi connectivity index (χ1n) is 11.5. The molecule has 2 heteroatoms. The minimum atomic E-state index is -0.179. The van der Waals surface area contributed by atoms with Crippen molar-refractivity contribution in [2.75, 3.05) is 0 Å². The lowest BCUT2D eigenvalue weighted by molar-refractivity contribution is 0.472. The third-order valence-electron chi connectivity index (χ3n) is 6.12. The van der Waals surface area contributed by atoms with Crippen LogP contribution in [0.15, 0.2) is 36.4 Å². The summed E-state index contributed by atoms with van der Waals surface area (Å²) >= 11 is 0. The van der Waals surface area contributed by atoms with E-state index in [2.05, 4.69) is 39.8 Å².